The van der Waals surface area contributed by atoms with Crippen LogP contribution < -0.4 is 10.2 Å². The molecule has 1 aromatic rings. The fraction of sp³-hybridized carbons (Fsp3) is 0.562. The minimum atomic E-state index is 0.278. The van der Waals surface area contributed by atoms with Gasteiger partial charge in [-0.3, -0.25) is 4.79 Å². The van der Waals surface area contributed by atoms with Crippen molar-refractivity contribution >= 4 is 11.6 Å². The van der Waals surface area contributed by atoms with Gasteiger partial charge in [0.05, 0.1) is 0 Å². The lowest BCUT2D eigenvalue weighted by Gasteiger charge is -2.36. The van der Waals surface area contributed by atoms with E-state index in [0.717, 1.165) is 44.8 Å². The summed E-state index contributed by atoms with van der Waals surface area (Å²) in [4.78, 5) is 16.5. The van der Waals surface area contributed by atoms with Gasteiger partial charge in [-0.2, -0.15) is 0 Å². The van der Waals surface area contributed by atoms with Crippen LogP contribution in [0.5, 0.6) is 5.75 Å². The van der Waals surface area contributed by atoms with Gasteiger partial charge in [0.1, 0.15) is 5.75 Å². The molecule has 2 aliphatic rings. The highest BCUT2D eigenvalue weighted by Crippen LogP contribution is 2.20. The second-order valence-corrected chi connectivity index (χ2v) is 5.88. The van der Waals surface area contributed by atoms with Crippen LogP contribution in [0.15, 0.2) is 24.3 Å². The zero-order valence-electron chi connectivity index (χ0n) is 12.3. The number of amides is 1. The summed E-state index contributed by atoms with van der Waals surface area (Å²) in [7, 11) is 0. The molecule has 2 heterocycles. The number of nitrogens with one attached hydrogen (secondary N) is 1. The monoisotopic (exact) mass is 289 g/mol. The van der Waals surface area contributed by atoms with Crippen LogP contribution in [-0.4, -0.2) is 54.7 Å². The van der Waals surface area contributed by atoms with Gasteiger partial charge in [-0.05, 0) is 43.7 Å². The Balaban J connectivity index is 1.50. The van der Waals surface area contributed by atoms with Gasteiger partial charge in [0.15, 0.2) is 0 Å². The van der Waals surface area contributed by atoms with Crippen LogP contribution in [0, 0.1) is 0 Å². The summed E-state index contributed by atoms with van der Waals surface area (Å²) in [6.45, 7) is 4.33. The number of hydrogen-bond acceptors (Lipinski definition) is 4. The topological polar surface area (TPSA) is 55.8 Å². The van der Waals surface area contributed by atoms with Crippen molar-refractivity contribution in [3.05, 3.63) is 24.3 Å². The first-order valence-corrected chi connectivity index (χ1v) is 7.77. The Morgan fingerprint density at radius 3 is 2.52 bits per heavy atom. The molecule has 114 valence electrons. The van der Waals surface area contributed by atoms with Crippen LogP contribution in [0.4, 0.5) is 5.69 Å². The van der Waals surface area contributed by atoms with E-state index in [1.54, 1.807) is 12.1 Å². The maximum atomic E-state index is 12.3. The Kier molecular flexibility index (Phi) is 4.29. The molecule has 0 aliphatic carbocycles. The van der Waals surface area contributed by atoms with Crippen molar-refractivity contribution in [2.24, 2.45) is 0 Å². The van der Waals surface area contributed by atoms with Crippen LogP contribution in [0.1, 0.15) is 19.3 Å². The summed E-state index contributed by atoms with van der Waals surface area (Å²) >= 11 is 0. The summed E-state index contributed by atoms with van der Waals surface area (Å²) in [6, 6.07) is 7.65. The lowest BCUT2D eigenvalue weighted by atomic mass is 10.1. The summed E-state index contributed by atoms with van der Waals surface area (Å²) in [5, 5.41) is 12.7. The third-order valence-corrected chi connectivity index (χ3v) is 4.43. The van der Waals surface area contributed by atoms with Crippen molar-refractivity contribution < 1.29 is 9.90 Å². The smallest absolute Gasteiger partial charge is 0.224 e. The fourth-order valence-corrected chi connectivity index (χ4v) is 3.15. The largest absolute Gasteiger partial charge is 0.508 e. The zero-order valence-corrected chi connectivity index (χ0v) is 12.3. The van der Waals surface area contributed by atoms with E-state index in [1.807, 2.05) is 17.0 Å². The SMILES string of the molecule is O=C(CC1CCCN1)N1CCN(c2ccc(O)cc2)CC1. The molecule has 0 bridgehead atoms. The van der Waals surface area contributed by atoms with Crippen LogP contribution in [0.2, 0.25) is 0 Å². The minimum absolute atomic E-state index is 0.278. The number of hydrogen-bond donors (Lipinski definition) is 2. The molecule has 5 nitrogen and oxygen atoms in total. The van der Waals surface area contributed by atoms with Gasteiger partial charge in [-0.25, -0.2) is 0 Å². The molecule has 2 saturated heterocycles. The van der Waals surface area contributed by atoms with Gasteiger partial charge in [0, 0.05) is 44.3 Å². The number of carbonyl (C=O) groups excluding carboxylic acids is 1. The van der Waals surface area contributed by atoms with Crippen molar-refractivity contribution in [1.29, 1.82) is 0 Å². The Labute approximate surface area is 125 Å². The Morgan fingerprint density at radius 1 is 1.19 bits per heavy atom. The molecule has 3 rings (SSSR count). The Hall–Kier alpha value is -1.75. The fourth-order valence-electron chi connectivity index (χ4n) is 3.15. The molecule has 1 aromatic carbocycles. The standard InChI is InChI=1S/C16H23N3O2/c20-15-5-3-14(4-6-15)18-8-10-19(11-9-18)16(21)12-13-2-1-7-17-13/h3-6,13,17,20H,1-2,7-12H2. The van der Waals surface area contributed by atoms with E-state index in [4.69, 9.17) is 0 Å². The maximum absolute atomic E-state index is 12.3. The number of anilines is 1. The van der Waals surface area contributed by atoms with Gasteiger partial charge >= 0.3 is 0 Å². The average Bonchev–Trinajstić information content (AvgIpc) is 3.01. The summed E-state index contributed by atoms with van der Waals surface area (Å²) < 4.78 is 0. The first-order chi connectivity index (χ1) is 10.2. The first kappa shape index (κ1) is 14.2. The van der Waals surface area contributed by atoms with E-state index < -0.39 is 0 Å². The first-order valence-electron chi connectivity index (χ1n) is 7.77. The third kappa shape index (κ3) is 3.47. The Morgan fingerprint density at radius 2 is 1.90 bits per heavy atom. The van der Waals surface area contributed by atoms with E-state index >= 15 is 0 Å². The molecule has 2 aliphatic heterocycles. The zero-order chi connectivity index (χ0) is 14.7. The van der Waals surface area contributed by atoms with Crippen molar-refractivity contribution in [3.63, 3.8) is 0 Å². The van der Waals surface area contributed by atoms with Gasteiger partial charge in [0.25, 0.3) is 0 Å². The van der Waals surface area contributed by atoms with Gasteiger partial charge in [-0.15, -0.1) is 0 Å². The second kappa shape index (κ2) is 6.35. The van der Waals surface area contributed by atoms with Crippen LogP contribution in [-0.2, 0) is 4.79 Å². The number of carbonyl (C=O) groups is 1. The lowest BCUT2D eigenvalue weighted by Crippen LogP contribution is -2.49. The summed E-state index contributed by atoms with van der Waals surface area (Å²) in [5.41, 5.74) is 1.11. The molecule has 0 radical (unpaired) electrons. The van der Waals surface area contributed by atoms with Crippen molar-refractivity contribution in [2.45, 2.75) is 25.3 Å². The van der Waals surface area contributed by atoms with Crippen molar-refractivity contribution in [1.82, 2.24) is 10.2 Å². The number of benzene rings is 1. The van der Waals surface area contributed by atoms with Gasteiger partial charge in [-0.1, -0.05) is 0 Å². The second-order valence-electron chi connectivity index (χ2n) is 5.88. The molecule has 1 amide bonds. The highest BCUT2D eigenvalue weighted by atomic mass is 16.3. The van der Waals surface area contributed by atoms with E-state index in [9.17, 15) is 9.90 Å². The third-order valence-electron chi connectivity index (χ3n) is 4.43. The Bertz CT molecular complexity index is 475. The number of piperazine rings is 1. The van der Waals surface area contributed by atoms with Gasteiger partial charge < -0.3 is 20.2 Å². The van der Waals surface area contributed by atoms with E-state index in [1.165, 1.54) is 6.42 Å². The molecule has 0 spiro atoms. The minimum Gasteiger partial charge on any atom is -0.508 e. The predicted octanol–water partition coefficient (Wildman–Crippen LogP) is 1.18. The van der Waals surface area contributed by atoms with Crippen LogP contribution in [0.3, 0.4) is 0 Å². The molecule has 21 heavy (non-hydrogen) atoms. The molecular formula is C16H23N3O2. The number of phenols is 1. The summed E-state index contributed by atoms with van der Waals surface area (Å²) in [6.07, 6.45) is 2.95. The van der Waals surface area contributed by atoms with Crippen LogP contribution >= 0.6 is 0 Å². The molecule has 1 unspecified atom stereocenters. The molecule has 5 heteroatoms. The van der Waals surface area contributed by atoms with Crippen LogP contribution in [0.25, 0.3) is 0 Å². The number of nitrogens with zero attached hydrogens (tertiary/aromatic N) is 2. The van der Waals surface area contributed by atoms with E-state index in [-0.39, 0.29) is 11.7 Å². The normalized spacial score (nSPS) is 22.6. The molecular weight excluding hydrogens is 266 g/mol. The molecule has 2 fully saturated rings. The van der Waals surface area contributed by atoms with Crippen molar-refractivity contribution in [3.8, 4) is 5.75 Å². The van der Waals surface area contributed by atoms with Crippen molar-refractivity contribution in [2.75, 3.05) is 37.6 Å². The average molecular weight is 289 g/mol. The predicted molar refractivity (Wildman–Crippen MR) is 82.5 cm³/mol. The maximum Gasteiger partial charge on any atom is 0.224 e. The molecule has 0 saturated carbocycles. The highest BCUT2D eigenvalue weighted by molar-refractivity contribution is 5.77. The molecule has 1 atom stereocenters. The highest BCUT2D eigenvalue weighted by Gasteiger charge is 2.24. The number of rotatable bonds is 3. The summed E-state index contributed by atoms with van der Waals surface area (Å²) in [5.74, 6) is 0.566. The van der Waals surface area contributed by atoms with E-state index in [2.05, 4.69) is 10.2 Å². The van der Waals surface area contributed by atoms with E-state index in [0.29, 0.717) is 12.5 Å². The molecule has 0 aromatic heterocycles. The molecule has 2 N–H and O–H groups in total. The number of phenolic OH excluding ortho intramolecular Hbond substituents is 1. The number of aromatic hydroxyl groups is 1. The lowest BCUT2D eigenvalue weighted by molar-refractivity contribution is -0.131. The van der Waals surface area contributed by atoms with Gasteiger partial charge in [0.2, 0.25) is 5.91 Å². The quantitative estimate of drug-likeness (QED) is 0.877.